The molecule has 0 spiro atoms. The zero-order valence-corrected chi connectivity index (χ0v) is 13.9. The molecule has 1 aliphatic rings. The van der Waals surface area contributed by atoms with Gasteiger partial charge in [0.1, 0.15) is 17.2 Å². The SMILES string of the molecule is Cc1nc(Nc2nncs2)cc([C@H]2CCCN2c2ncccn2)n1. The zero-order valence-electron chi connectivity index (χ0n) is 13.1. The van der Waals surface area contributed by atoms with Crippen LogP contribution in [0.25, 0.3) is 0 Å². The van der Waals surface area contributed by atoms with Crippen LogP contribution in [0.5, 0.6) is 0 Å². The zero-order chi connectivity index (χ0) is 16.4. The lowest BCUT2D eigenvalue weighted by Gasteiger charge is -2.24. The van der Waals surface area contributed by atoms with Crippen LogP contribution in [0.4, 0.5) is 16.9 Å². The molecule has 3 aromatic heterocycles. The van der Waals surface area contributed by atoms with Crippen molar-refractivity contribution in [1.82, 2.24) is 30.1 Å². The molecule has 1 fully saturated rings. The largest absolute Gasteiger partial charge is 0.332 e. The van der Waals surface area contributed by atoms with E-state index in [1.54, 1.807) is 17.9 Å². The predicted octanol–water partition coefficient (Wildman–Crippen LogP) is 2.51. The summed E-state index contributed by atoms with van der Waals surface area (Å²) < 4.78 is 0. The molecule has 122 valence electrons. The van der Waals surface area contributed by atoms with E-state index in [4.69, 9.17) is 0 Å². The normalized spacial score (nSPS) is 17.2. The molecule has 8 nitrogen and oxygen atoms in total. The maximum absolute atomic E-state index is 4.64. The monoisotopic (exact) mass is 340 g/mol. The molecule has 1 atom stereocenters. The van der Waals surface area contributed by atoms with E-state index in [9.17, 15) is 0 Å². The highest BCUT2D eigenvalue weighted by molar-refractivity contribution is 7.13. The molecule has 0 saturated carbocycles. The highest BCUT2D eigenvalue weighted by Crippen LogP contribution is 2.34. The van der Waals surface area contributed by atoms with Crippen LogP contribution < -0.4 is 10.2 Å². The summed E-state index contributed by atoms with van der Waals surface area (Å²) in [4.78, 5) is 20.1. The summed E-state index contributed by atoms with van der Waals surface area (Å²) in [6.45, 7) is 2.82. The van der Waals surface area contributed by atoms with Crippen molar-refractivity contribution in [3.05, 3.63) is 41.6 Å². The van der Waals surface area contributed by atoms with Crippen LogP contribution in [-0.4, -0.2) is 36.7 Å². The molecule has 1 aliphatic heterocycles. The van der Waals surface area contributed by atoms with Crippen LogP contribution in [0.15, 0.2) is 30.0 Å². The Morgan fingerprint density at radius 3 is 2.92 bits per heavy atom. The van der Waals surface area contributed by atoms with Gasteiger partial charge in [-0.15, -0.1) is 10.2 Å². The molecule has 0 aromatic carbocycles. The Morgan fingerprint density at radius 1 is 1.25 bits per heavy atom. The van der Waals surface area contributed by atoms with E-state index in [0.717, 1.165) is 42.7 Å². The van der Waals surface area contributed by atoms with Crippen molar-refractivity contribution in [2.45, 2.75) is 25.8 Å². The molecule has 0 amide bonds. The van der Waals surface area contributed by atoms with E-state index in [-0.39, 0.29) is 6.04 Å². The number of aromatic nitrogens is 6. The second kappa shape index (κ2) is 6.44. The molecule has 0 aliphatic carbocycles. The molecule has 1 saturated heterocycles. The van der Waals surface area contributed by atoms with Crippen LogP contribution in [-0.2, 0) is 0 Å². The molecular weight excluding hydrogens is 324 g/mol. The van der Waals surface area contributed by atoms with Gasteiger partial charge in [0.15, 0.2) is 0 Å². The first-order valence-corrected chi connectivity index (χ1v) is 8.60. The summed E-state index contributed by atoms with van der Waals surface area (Å²) >= 11 is 1.43. The summed E-state index contributed by atoms with van der Waals surface area (Å²) in [7, 11) is 0. The topological polar surface area (TPSA) is 92.6 Å². The molecule has 0 unspecified atom stereocenters. The second-order valence-corrected chi connectivity index (χ2v) is 6.33. The standard InChI is InChI=1S/C15H16N8S/c1-10-19-11(8-13(20-10)21-15-22-18-9-24-15)12-4-2-7-23(12)14-16-5-3-6-17-14/h3,5-6,8-9,12H,2,4,7H2,1H3,(H,19,20,21,22)/t12-/m1/s1. The number of anilines is 3. The molecular formula is C15H16N8S. The Labute approximate surface area is 143 Å². The van der Waals surface area contributed by atoms with Gasteiger partial charge in [0.2, 0.25) is 11.1 Å². The summed E-state index contributed by atoms with van der Waals surface area (Å²) in [6, 6.07) is 3.96. The lowest BCUT2D eigenvalue weighted by atomic mass is 10.1. The van der Waals surface area contributed by atoms with Gasteiger partial charge in [-0.05, 0) is 25.8 Å². The molecule has 0 bridgehead atoms. The van der Waals surface area contributed by atoms with Gasteiger partial charge in [-0.25, -0.2) is 19.9 Å². The van der Waals surface area contributed by atoms with Gasteiger partial charge >= 0.3 is 0 Å². The third-order valence-corrected chi connectivity index (χ3v) is 4.46. The smallest absolute Gasteiger partial charge is 0.225 e. The van der Waals surface area contributed by atoms with Gasteiger partial charge in [-0.3, -0.25) is 0 Å². The number of aryl methyl sites for hydroxylation is 1. The van der Waals surface area contributed by atoms with E-state index in [1.165, 1.54) is 11.3 Å². The number of nitrogens with one attached hydrogen (secondary N) is 1. The van der Waals surface area contributed by atoms with Crippen molar-refractivity contribution in [2.75, 3.05) is 16.8 Å². The number of rotatable bonds is 4. The Bertz CT molecular complexity index is 808. The first kappa shape index (κ1) is 14.9. The maximum Gasteiger partial charge on any atom is 0.225 e. The van der Waals surface area contributed by atoms with Crippen molar-refractivity contribution < 1.29 is 0 Å². The summed E-state index contributed by atoms with van der Waals surface area (Å²) in [5.41, 5.74) is 2.66. The Hall–Kier alpha value is -2.68. The van der Waals surface area contributed by atoms with Crippen LogP contribution in [0.2, 0.25) is 0 Å². The number of hydrogen-bond donors (Lipinski definition) is 1. The molecule has 0 radical (unpaired) electrons. The molecule has 4 heterocycles. The van der Waals surface area contributed by atoms with E-state index in [2.05, 4.69) is 40.3 Å². The minimum atomic E-state index is 0.157. The Kier molecular flexibility index (Phi) is 3.99. The summed E-state index contributed by atoms with van der Waals surface area (Å²) in [6.07, 6.45) is 5.65. The van der Waals surface area contributed by atoms with Crippen LogP contribution in [0.3, 0.4) is 0 Å². The Morgan fingerprint density at radius 2 is 2.12 bits per heavy atom. The Balaban J connectivity index is 1.64. The first-order valence-electron chi connectivity index (χ1n) is 7.72. The first-order chi connectivity index (χ1) is 11.8. The van der Waals surface area contributed by atoms with Crippen molar-refractivity contribution in [2.24, 2.45) is 0 Å². The lowest BCUT2D eigenvalue weighted by molar-refractivity contribution is 0.673. The van der Waals surface area contributed by atoms with Crippen molar-refractivity contribution in [3.8, 4) is 0 Å². The molecule has 4 rings (SSSR count). The predicted molar refractivity (Wildman–Crippen MR) is 91.3 cm³/mol. The van der Waals surface area contributed by atoms with Gasteiger partial charge < -0.3 is 10.2 Å². The van der Waals surface area contributed by atoms with Crippen LogP contribution in [0, 0.1) is 6.92 Å². The van der Waals surface area contributed by atoms with E-state index in [1.807, 2.05) is 19.1 Å². The van der Waals surface area contributed by atoms with E-state index < -0.39 is 0 Å². The second-order valence-electron chi connectivity index (χ2n) is 5.49. The molecule has 1 N–H and O–H groups in total. The third-order valence-electron chi connectivity index (χ3n) is 3.86. The average Bonchev–Trinajstić information content (AvgIpc) is 3.26. The summed E-state index contributed by atoms with van der Waals surface area (Å²) in [5, 5.41) is 11.7. The van der Waals surface area contributed by atoms with Crippen LogP contribution in [0.1, 0.15) is 30.4 Å². The van der Waals surface area contributed by atoms with Crippen molar-refractivity contribution in [3.63, 3.8) is 0 Å². The molecule has 9 heteroatoms. The number of nitrogens with zero attached hydrogens (tertiary/aromatic N) is 7. The summed E-state index contributed by atoms with van der Waals surface area (Å²) in [5.74, 6) is 2.20. The minimum Gasteiger partial charge on any atom is -0.332 e. The highest BCUT2D eigenvalue weighted by Gasteiger charge is 2.29. The molecule has 3 aromatic rings. The highest BCUT2D eigenvalue weighted by atomic mass is 32.1. The number of hydrogen-bond acceptors (Lipinski definition) is 9. The third kappa shape index (κ3) is 3.02. The van der Waals surface area contributed by atoms with E-state index >= 15 is 0 Å². The minimum absolute atomic E-state index is 0.157. The van der Waals surface area contributed by atoms with E-state index in [0.29, 0.717) is 5.13 Å². The van der Waals surface area contributed by atoms with Gasteiger partial charge in [-0.2, -0.15) is 0 Å². The van der Waals surface area contributed by atoms with Gasteiger partial charge in [0, 0.05) is 25.0 Å². The fourth-order valence-corrected chi connectivity index (χ4v) is 3.37. The van der Waals surface area contributed by atoms with Gasteiger partial charge in [0.05, 0.1) is 11.7 Å². The fourth-order valence-electron chi connectivity index (χ4n) is 2.92. The average molecular weight is 340 g/mol. The van der Waals surface area contributed by atoms with Crippen molar-refractivity contribution >= 4 is 28.2 Å². The molecule has 24 heavy (non-hydrogen) atoms. The van der Waals surface area contributed by atoms with Gasteiger partial charge in [0.25, 0.3) is 0 Å². The van der Waals surface area contributed by atoms with Gasteiger partial charge in [-0.1, -0.05) is 11.3 Å². The quantitative estimate of drug-likeness (QED) is 0.774. The van der Waals surface area contributed by atoms with Crippen molar-refractivity contribution in [1.29, 1.82) is 0 Å². The fraction of sp³-hybridized carbons (Fsp3) is 0.333. The maximum atomic E-state index is 4.64. The van der Waals surface area contributed by atoms with Crippen LogP contribution >= 0.6 is 11.3 Å². The lowest BCUT2D eigenvalue weighted by Crippen LogP contribution is -2.25.